The largest absolute Gasteiger partial charge is 0.482 e. The van der Waals surface area contributed by atoms with Crippen molar-refractivity contribution in [2.24, 2.45) is 5.41 Å². The van der Waals surface area contributed by atoms with E-state index < -0.39 is 0 Å². The summed E-state index contributed by atoms with van der Waals surface area (Å²) in [5.41, 5.74) is 0.539. The molecular formula is C13H21NO. The van der Waals surface area contributed by atoms with Crippen molar-refractivity contribution in [3.05, 3.63) is 18.3 Å². The molecule has 84 valence electrons. The van der Waals surface area contributed by atoms with E-state index in [-0.39, 0.29) is 0 Å². The molecule has 2 nitrogen and oxygen atoms in total. The van der Waals surface area contributed by atoms with Crippen molar-refractivity contribution in [3.8, 4) is 5.88 Å². The lowest BCUT2D eigenvalue weighted by molar-refractivity contribution is 0.186. The second-order valence-corrected chi connectivity index (χ2v) is 5.35. The third-order valence-electron chi connectivity index (χ3n) is 3.65. The lowest BCUT2D eigenvalue weighted by Crippen LogP contribution is -2.23. The summed E-state index contributed by atoms with van der Waals surface area (Å²) in [6, 6.07) is 4.75. The fraction of sp³-hybridized carbons (Fsp3) is 0.692. The van der Waals surface area contributed by atoms with Gasteiger partial charge in [0.05, 0.1) is 7.11 Å². The highest BCUT2D eigenvalue weighted by atomic mass is 16.5. The number of hydrogen-bond donors (Lipinski definition) is 0. The monoisotopic (exact) mass is 207 g/mol. The molecule has 0 N–H and O–H groups in total. The van der Waals surface area contributed by atoms with Crippen LogP contribution in [-0.4, -0.2) is 11.7 Å². The normalized spacial score (nSPS) is 21.5. The number of hydrogen-bond acceptors (Lipinski definition) is 1. The molecule has 0 radical (unpaired) electrons. The van der Waals surface area contributed by atoms with E-state index in [0.717, 1.165) is 5.88 Å². The van der Waals surface area contributed by atoms with Crippen LogP contribution in [0.5, 0.6) is 5.88 Å². The zero-order valence-electron chi connectivity index (χ0n) is 9.99. The van der Waals surface area contributed by atoms with Gasteiger partial charge in [-0.3, -0.25) is 0 Å². The molecular weight excluding hydrogens is 186 g/mol. The average molecular weight is 207 g/mol. The number of ether oxygens (including phenoxy) is 1. The van der Waals surface area contributed by atoms with E-state index >= 15 is 0 Å². The van der Waals surface area contributed by atoms with Crippen molar-refractivity contribution in [2.45, 2.75) is 45.6 Å². The number of nitrogens with zero attached hydrogens (tertiary/aromatic N) is 1. The van der Waals surface area contributed by atoms with E-state index in [1.165, 1.54) is 25.7 Å². The molecule has 1 aromatic rings. The fourth-order valence-electron chi connectivity index (χ4n) is 2.51. The van der Waals surface area contributed by atoms with Crippen LogP contribution in [0.15, 0.2) is 18.3 Å². The van der Waals surface area contributed by atoms with Crippen molar-refractivity contribution in [2.75, 3.05) is 7.11 Å². The minimum atomic E-state index is 0.539. The molecule has 0 unspecified atom stereocenters. The summed E-state index contributed by atoms with van der Waals surface area (Å²) in [5.74, 6) is 1.000. The summed E-state index contributed by atoms with van der Waals surface area (Å²) in [6.07, 6.45) is 7.33. The van der Waals surface area contributed by atoms with E-state index in [9.17, 15) is 0 Å². The fourth-order valence-corrected chi connectivity index (χ4v) is 2.51. The average Bonchev–Trinajstić information content (AvgIpc) is 2.65. The molecule has 0 aliphatic heterocycles. The van der Waals surface area contributed by atoms with Gasteiger partial charge in [0.15, 0.2) is 5.88 Å². The van der Waals surface area contributed by atoms with Crippen molar-refractivity contribution < 1.29 is 4.74 Å². The molecule has 1 heterocycles. The van der Waals surface area contributed by atoms with Gasteiger partial charge in [0.2, 0.25) is 0 Å². The van der Waals surface area contributed by atoms with Crippen LogP contribution in [0.4, 0.5) is 0 Å². The van der Waals surface area contributed by atoms with Crippen LogP contribution < -0.4 is 4.74 Å². The van der Waals surface area contributed by atoms with Crippen LogP contribution in [-0.2, 0) is 0 Å². The van der Waals surface area contributed by atoms with Gasteiger partial charge in [-0.05, 0) is 43.2 Å². The van der Waals surface area contributed by atoms with Gasteiger partial charge in [0.1, 0.15) is 0 Å². The SMILES string of the molecule is COc1cccn1C1CCC(C)(C)CC1. The quantitative estimate of drug-likeness (QED) is 0.722. The second-order valence-electron chi connectivity index (χ2n) is 5.35. The van der Waals surface area contributed by atoms with Crippen LogP contribution in [0.1, 0.15) is 45.6 Å². The van der Waals surface area contributed by atoms with Gasteiger partial charge in [-0.15, -0.1) is 0 Å². The molecule has 0 saturated heterocycles. The van der Waals surface area contributed by atoms with Gasteiger partial charge in [-0.1, -0.05) is 13.8 Å². The summed E-state index contributed by atoms with van der Waals surface area (Å²) >= 11 is 0. The third-order valence-corrected chi connectivity index (χ3v) is 3.65. The van der Waals surface area contributed by atoms with Crippen LogP contribution in [0, 0.1) is 5.41 Å². The first-order valence-corrected chi connectivity index (χ1v) is 5.83. The van der Waals surface area contributed by atoms with Crippen molar-refractivity contribution >= 4 is 0 Å². The molecule has 1 aliphatic carbocycles. The maximum Gasteiger partial charge on any atom is 0.193 e. The standard InChI is InChI=1S/C13H21NO/c1-13(2)8-6-11(7-9-13)14-10-4-5-12(14)15-3/h4-5,10-11H,6-9H2,1-3H3. The first-order chi connectivity index (χ1) is 7.12. The van der Waals surface area contributed by atoms with Crippen LogP contribution in [0.2, 0.25) is 0 Å². The van der Waals surface area contributed by atoms with Gasteiger partial charge in [0.25, 0.3) is 0 Å². The molecule has 1 aliphatic rings. The smallest absolute Gasteiger partial charge is 0.193 e. The molecule has 0 amide bonds. The molecule has 2 heteroatoms. The minimum absolute atomic E-state index is 0.539. The molecule has 1 fully saturated rings. The highest BCUT2D eigenvalue weighted by molar-refractivity contribution is 5.15. The number of methoxy groups -OCH3 is 1. The molecule has 0 aromatic carbocycles. The molecule has 0 spiro atoms. The third kappa shape index (κ3) is 2.19. The van der Waals surface area contributed by atoms with Crippen LogP contribution in [0.25, 0.3) is 0 Å². The molecule has 2 rings (SSSR count). The zero-order chi connectivity index (χ0) is 10.9. The molecule has 1 saturated carbocycles. The second kappa shape index (κ2) is 3.92. The van der Waals surface area contributed by atoms with E-state index in [1.807, 2.05) is 6.07 Å². The van der Waals surface area contributed by atoms with E-state index in [4.69, 9.17) is 4.74 Å². The van der Waals surface area contributed by atoms with Crippen molar-refractivity contribution in [1.82, 2.24) is 4.57 Å². The number of rotatable bonds is 2. The molecule has 1 aromatic heterocycles. The Kier molecular flexibility index (Phi) is 2.76. The Morgan fingerprint density at radius 1 is 1.33 bits per heavy atom. The van der Waals surface area contributed by atoms with Gasteiger partial charge in [-0.25, -0.2) is 0 Å². The Morgan fingerprint density at radius 2 is 2.00 bits per heavy atom. The first kappa shape index (κ1) is 10.6. The highest BCUT2D eigenvalue weighted by Crippen LogP contribution is 2.41. The summed E-state index contributed by atoms with van der Waals surface area (Å²) < 4.78 is 7.64. The Bertz CT molecular complexity index is 317. The Morgan fingerprint density at radius 3 is 2.60 bits per heavy atom. The highest BCUT2D eigenvalue weighted by Gasteiger charge is 2.28. The van der Waals surface area contributed by atoms with Gasteiger partial charge in [-0.2, -0.15) is 0 Å². The summed E-state index contributed by atoms with van der Waals surface area (Å²) in [7, 11) is 1.75. The summed E-state index contributed by atoms with van der Waals surface area (Å²) in [6.45, 7) is 4.74. The topological polar surface area (TPSA) is 14.2 Å². The van der Waals surface area contributed by atoms with E-state index in [0.29, 0.717) is 11.5 Å². The Hall–Kier alpha value is -0.920. The minimum Gasteiger partial charge on any atom is -0.482 e. The lowest BCUT2D eigenvalue weighted by atomic mass is 9.75. The lowest BCUT2D eigenvalue weighted by Gasteiger charge is -2.35. The predicted octanol–water partition coefficient (Wildman–Crippen LogP) is 3.64. The first-order valence-electron chi connectivity index (χ1n) is 5.83. The van der Waals surface area contributed by atoms with Crippen molar-refractivity contribution in [1.29, 1.82) is 0 Å². The van der Waals surface area contributed by atoms with E-state index in [2.05, 4.69) is 30.7 Å². The summed E-state index contributed by atoms with van der Waals surface area (Å²) in [5, 5.41) is 0. The number of aromatic nitrogens is 1. The maximum atomic E-state index is 5.35. The summed E-state index contributed by atoms with van der Waals surface area (Å²) in [4.78, 5) is 0. The molecule has 15 heavy (non-hydrogen) atoms. The van der Waals surface area contributed by atoms with Crippen LogP contribution >= 0.6 is 0 Å². The van der Waals surface area contributed by atoms with Crippen molar-refractivity contribution in [3.63, 3.8) is 0 Å². The predicted molar refractivity (Wildman–Crippen MR) is 62.3 cm³/mol. The Labute approximate surface area is 92.2 Å². The van der Waals surface area contributed by atoms with Crippen LogP contribution in [0.3, 0.4) is 0 Å². The maximum absolute atomic E-state index is 5.35. The van der Waals surface area contributed by atoms with Gasteiger partial charge in [0, 0.05) is 12.2 Å². The Balaban J connectivity index is 2.07. The zero-order valence-corrected chi connectivity index (χ0v) is 9.99. The molecule has 0 bridgehead atoms. The van der Waals surface area contributed by atoms with E-state index in [1.54, 1.807) is 7.11 Å². The van der Waals surface area contributed by atoms with Gasteiger partial charge >= 0.3 is 0 Å². The molecule has 0 atom stereocenters. The van der Waals surface area contributed by atoms with Gasteiger partial charge < -0.3 is 9.30 Å².